The molecule has 5 heteroatoms. The Morgan fingerprint density at radius 2 is 2.00 bits per heavy atom. The number of hydrogen-bond acceptors (Lipinski definition) is 5. The van der Waals surface area contributed by atoms with Crippen molar-refractivity contribution in [3.05, 3.63) is 0 Å². The van der Waals surface area contributed by atoms with Gasteiger partial charge in [0.1, 0.15) is 6.23 Å². The molecule has 5 nitrogen and oxygen atoms in total. The van der Waals surface area contributed by atoms with E-state index < -0.39 is 0 Å². The number of hydrogen-bond donors (Lipinski definition) is 1. The first-order valence-electron chi connectivity index (χ1n) is 8.58. The van der Waals surface area contributed by atoms with Crippen LogP contribution in [0.2, 0.25) is 0 Å². The van der Waals surface area contributed by atoms with Gasteiger partial charge in [0.2, 0.25) is 0 Å². The predicted octanol–water partition coefficient (Wildman–Crippen LogP) is 2.40. The minimum Gasteiger partial charge on any atom is -0.353 e. The van der Waals surface area contributed by atoms with Gasteiger partial charge < -0.3 is 15.2 Å². The molecular formula is C16H30N2O3. The molecule has 3 unspecified atom stereocenters. The van der Waals surface area contributed by atoms with E-state index in [1.807, 2.05) is 12.1 Å². The van der Waals surface area contributed by atoms with Crippen LogP contribution in [0.25, 0.3) is 0 Å². The minimum absolute atomic E-state index is 0.00106. The molecule has 0 bridgehead atoms. The highest BCUT2D eigenvalue weighted by Crippen LogP contribution is 2.45. The normalized spacial score (nSPS) is 37.7. The molecule has 3 atom stereocenters. The van der Waals surface area contributed by atoms with Gasteiger partial charge in [0.15, 0.2) is 6.29 Å². The zero-order valence-electron chi connectivity index (χ0n) is 13.3. The maximum atomic E-state index is 6.18. The summed E-state index contributed by atoms with van der Waals surface area (Å²) in [7, 11) is 2.02. The van der Waals surface area contributed by atoms with Crippen molar-refractivity contribution in [2.75, 3.05) is 20.3 Å². The van der Waals surface area contributed by atoms with E-state index in [2.05, 4.69) is 0 Å². The van der Waals surface area contributed by atoms with Gasteiger partial charge in [-0.05, 0) is 32.1 Å². The summed E-state index contributed by atoms with van der Waals surface area (Å²) in [6.45, 7) is 1.62. The predicted molar refractivity (Wildman–Crippen MR) is 80.3 cm³/mol. The van der Waals surface area contributed by atoms with Crippen molar-refractivity contribution in [3.8, 4) is 0 Å². The fourth-order valence-corrected chi connectivity index (χ4v) is 4.27. The Hall–Kier alpha value is -0.200. The summed E-state index contributed by atoms with van der Waals surface area (Å²) in [5, 5.41) is 1.99. The third-order valence-electron chi connectivity index (χ3n) is 5.45. The fraction of sp³-hybridized carbons (Fsp3) is 1.00. The SMILES string of the molecule is CN1OC(N)CC1C1(COC2CCCCO2)CCCCC1. The Balaban J connectivity index is 1.64. The van der Waals surface area contributed by atoms with Crippen LogP contribution >= 0.6 is 0 Å². The lowest BCUT2D eigenvalue weighted by Gasteiger charge is -2.44. The van der Waals surface area contributed by atoms with E-state index in [0.717, 1.165) is 26.1 Å². The van der Waals surface area contributed by atoms with Crippen molar-refractivity contribution in [3.63, 3.8) is 0 Å². The summed E-state index contributed by atoms with van der Waals surface area (Å²) in [5.41, 5.74) is 6.17. The van der Waals surface area contributed by atoms with E-state index in [1.54, 1.807) is 0 Å². The van der Waals surface area contributed by atoms with E-state index in [0.29, 0.717) is 6.04 Å². The summed E-state index contributed by atoms with van der Waals surface area (Å²) in [4.78, 5) is 5.67. The third kappa shape index (κ3) is 3.59. The molecule has 0 amide bonds. The van der Waals surface area contributed by atoms with Gasteiger partial charge in [-0.3, -0.25) is 4.84 Å². The summed E-state index contributed by atoms with van der Waals surface area (Å²) in [6.07, 6.45) is 10.5. The summed E-state index contributed by atoms with van der Waals surface area (Å²) >= 11 is 0. The van der Waals surface area contributed by atoms with Crippen LogP contribution in [0.5, 0.6) is 0 Å². The smallest absolute Gasteiger partial charge is 0.157 e. The Bertz CT molecular complexity index is 327. The average molecular weight is 298 g/mol. The quantitative estimate of drug-likeness (QED) is 0.863. The van der Waals surface area contributed by atoms with E-state index in [4.69, 9.17) is 20.0 Å². The first-order valence-corrected chi connectivity index (χ1v) is 8.58. The summed E-state index contributed by atoms with van der Waals surface area (Å²) in [6, 6.07) is 0.372. The first kappa shape index (κ1) is 15.7. The van der Waals surface area contributed by atoms with Gasteiger partial charge in [-0.25, -0.2) is 0 Å². The molecule has 1 aliphatic carbocycles. The second-order valence-corrected chi connectivity index (χ2v) is 6.97. The molecule has 3 aliphatic rings. The molecule has 0 radical (unpaired) electrons. The molecular weight excluding hydrogens is 268 g/mol. The number of rotatable bonds is 4. The molecule has 0 aromatic rings. The minimum atomic E-state index is -0.162. The Labute approximate surface area is 128 Å². The van der Waals surface area contributed by atoms with Crippen molar-refractivity contribution in [2.24, 2.45) is 11.1 Å². The van der Waals surface area contributed by atoms with Crippen LogP contribution < -0.4 is 5.73 Å². The summed E-state index contributed by atoms with van der Waals surface area (Å²) in [5.74, 6) is 0. The van der Waals surface area contributed by atoms with Crippen LogP contribution in [0.15, 0.2) is 0 Å². The standard InChI is InChI=1S/C16H30N2O3/c1-18-13(11-14(17)21-18)16(8-4-2-5-9-16)12-20-15-7-3-6-10-19-15/h13-15H,2-12,17H2,1H3. The monoisotopic (exact) mass is 298 g/mol. The number of nitrogens with two attached hydrogens (primary N) is 1. The molecule has 1 saturated carbocycles. The Morgan fingerprint density at radius 3 is 2.62 bits per heavy atom. The molecule has 0 aromatic heterocycles. The van der Waals surface area contributed by atoms with Crippen molar-refractivity contribution in [2.45, 2.75) is 76.3 Å². The van der Waals surface area contributed by atoms with E-state index in [1.165, 1.54) is 44.9 Å². The summed E-state index contributed by atoms with van der Waals surface area (Å²) < 4.78 is 11.9. The lowest BCUT2D eigenvalue weighted by molar-refractivity contribution is -0.207. The second kappa shape index (κ2) is 6.92. The van der Waals surface area contributed by atoms with Gasteiger partial charge in [0.05, 0.1) is 6.61 Å². The van der Waals surface area contributed by atoms with Crippen molar-refractivity contribution in [1.29, 1.82) is 0 Å². The number of nitrogens with zero attached hydrogens (tertiary/aromatic N) is 1. The van der Waals surface area contributed by atoms with Gasteiger partial charge in [-0.1, -0.05) is 19.3 Å². The maximum Gasteiger partial charge on any atom is 0.157 e. The highest BCUT2D eigenvalue weighted by atomic mass is 16.7. The van der Waals surface area contributed by atoms with Crippen molar-refractivity contribution in [1.82, 2.24) is 5.06 Å². The molecule has 2 aliphatic heterocycles. The second-order valence-electron chi connectivity index (χ2n) is 6.97. The molecule has 2 N–H and O–H groups in total. The molecule has 122 valence electrons. The van der Waals surface area contributed by atoms with Gasteiger partial charge in [-0.15, -0.1) is 0 Å². The first-order chi connectivity index (χ1) is 10.2. The van der Waals surface area contributed by atoms with Gasteiger partial charge in [-0.2, -0.15) is 5.06 Å². The lowest BCUT2D eigenvalue weighted by Crippen LogP contribution is -2.47. The maximum absolute atomic E-state index is 6.18. The van der Waals surface area contributed by atoms with E-state index in [9.17, 15) is 0 Å². The number of ether oxygens (including phenoxy) is 2. The van der Waals surface area contributed by atoms with Crippen molar-refractivity contribution >= 4 is 0 Å². The zero-order chi connectivity index (χ0) is 14.7. The molecule has 2 heterocycles. The number of hydroxylamine groups is 2. The van der Waals surface area contributed by atoms with Crippen LogP contribution in [0.3, 0.4) is 0 Å². The average Bonchev–Trinajstić information content (AvgIpc) is 2.87. The van der Waals surface area contributed by atoms with Crippen LogP contribution in [-0.2, 0) is 14.3 Å². The molecule has 0 spiro atoms. The van der Waals surface area contributed by atoms with Crippen molar-refractivity contribution < 1.29 is 14.3 Å². The Morgan fingerprint density at radius 1 is 1.19 bits per heavy atom. The molecule has 21 heavy (non-hydrogen) atoms. The van der Waals surface area contributed by atoms with Gasteiger partial charge in [0.25, 0.3) is 0 Å². The zero-order valence-corrected chi connectivity index (χ0v) is 13.3. The Kier molecular flexibility index (Phi) is 5.17. The highest BCUT2D eigenvalue weighted by molar-refractivity contribution is 4.95. The van der Waals surface area contributed by atoms with E-state index >= 15 is 0 Å². The molecule has 2 saturated heterocycles. The van der Waals surface area contributed by atoms with Crippen LogP contribution in [-0.4, -0.2) is 43.9 Å². The largest absolute Gasteiger partial charge is 0.353 e. The van der Waals surface area contributed by atoms with Gasteiger partial charge in [0, 0.05) is 31.5 Å². The highest BCUT2D eigenvalue weighted by Gasteiger charge is 2.47. The van der Waals surface area contributed by atoms with E-state index in [-0.39, 0.29) is 17.9 Å². The van der Waals surface area contributed by atoms with Gasteiger partial charge >= 0.3 is 0 Å². The fourth-order valence-electron chi connectivity index (χ4n) is 4.27. The third-order valence-corrected chi connectivity index (χ3v) is 5.45. The lowest BCUT2D eigenvalue weighted by atomic mass is 9.68. The molecule has 0 aromatic carbocycles. The molecule has 3 fully saturated rings. The molecule has 3 rings (SSSR count). The van der Waals surface area contributed by atoms with Crippen LogP contribution in [0.1, 0.15) is 57.8 Å². The topological polar surface area (TPSA) is 57.0 Å². The van der Waals surface area contributed by atoms with Crippen LogP contribution in [0, 0.1) is 5.41 Å². The van der Waals surface area contributed by atoms with Crippen LogP contribution in [0.4, 0.5) is 0 Å².